The zero-order valence-electron chi connectivity index (χ0n) is 0.816. The fourth-order valence-corrected chi connectivity index (χ4v) is 0. The van der Waals surface area contributed by atoms with Gasteiger partial charge in [0.25, 0.3) is 0 Å². The molecular formula is H6Al2Mo2. The summed E-state index contributed by atoms with van der Waals surface area (Å²) in [4.78, 5) is 0. The SMILES string of the molecule is [AlH3].[AlH3].[Mo][Mo]. The molecule has 0 aliphatic rings. The zero-order chi connectivity index (χ0) is 2.00. The third-order valence-electron chi connectivity index (χ3n) is 0. The molecule has 0 aliphatic heterocycles. The molecule has 0 aliphatic carbocycles. The molecule has 0 unspecified atom stereocenters. The Hall–Kier alpha value is 2.44. The van der Waals surface area contributed by atoms with Crippen LogP contribution >= 0.6 is 0 Å². The van der Waals surface area contributed by atoms with Crippen molar-refractivity contribution < 1.29 is 33.6 Å². The topological polar surface area (TPSA) is 0 Å². The zero-order valence-corrected chi connectivity index (χ0v) is 4.83. The van der Waals surface area contributed by atoms with Crippen molar-refractivity contribution >= 4 is 34.7 Å². The van der Waals surface area contributed by atoms with Crippen LogP contribution in [0.25, 0.3) is 0 Å². The molecule has 4 heteroatoms. The van der Waals surface area contributed by atoms with Gasteiger partial charge in [-0.05, 0) is 0 Å². The molecule has 0 aromatic rings. The van der Waals surface area contributed by atoms with E-state index >= 15 is 0 Å². The molecule has 24 valence electrons. The second kappa shape index (κ2) is 18.0. The second-order valence-corrected chi connectivity index (χ2v) is 0. The molecule has 0 N–H and O–H groups in total. The van der Waals surface area contributed by atoms with Gasteiger partial charge in [-0.25, -0.2) is 0 Å². The Kier molecular flexibility index (Phi) is 72.5. The van der Waals surface area contributed by atoms with Crippen molar-refractivity contribution in [1.29, 1.82) is 0 Å². The van der Waals surface area contributed by atoms with Crippen LogP contribution in [0.1, 0.15) is 0 Å². The molecule has 0 saturated carbocycles. The molecule has 0 aromatic heterocycles. The molecular weight excluding hydrogens is 246 g/mol. The summed E-state index contributed by atoms with van der Waals surface area (Å²) in [6.45, 7) is 0. The fraction of sp³-hybridized carbons (Fsp3) is 0. The van der Waals surface area contributed by atoms with E-state index in [-0.39, 0.29) is 34.7 Å². The monoisotopic (exact) mass is 256 g/mol. The Morgan fingerprint density at radius 1 is 0.750 bits per heavy atom. The van der Waals surface area contributed by atoms with E-state index in [0.717, 1.165) is 0 Å². The van der Waals surface area contributed by atoms with E-state index in [4.69, 9.17) is 0 Å². The van der Waals surface area contributed by atoms with Crippen LogP contribution < -0.4 is 0 Å². The van der Waals surface area contributed by atoms with Gasteiger partial charge in [0, 0.05) is 0 Å². The average molecular weight is 252 g/mol. The molecule has 0 heterocycles. The third kappa shape index (κ3) is 8.82. The van der Waals surface area contributed by atoms with Gasteiger partial charge in [-0.1, -0.05) is 0 Å². The van der Waals surface area contributed by atoms with Crippen molar-refractivity contribution in [3.63, 3.8) is 0 Å². The van der Waals surface area contributed by atoms with Gasteiger partial charge in [-0.2, -0.15) is 0 Å². The van der Waals surface area contributed by atoms with Crippen LogP contribution in [0.5, 0.6) is 0 Å². The van der Waals surface area contributed by atoms with Crippen LogP contribution in [0, 0.1) is 0 Å². The molecule has 0 atom stereocenters. The van der Waals surface area contributed by atoms with Crippen molar-refractivity contribution in [3.8, 4) is 0 Å². The summed E-state index contributed by atoms with van der Waals surface area (Å²) in [5.41, 5.74) is 0. The van der Waals surface area contributed by atoms with Crippen LogP contribution in [0.15, 0.2) is 0 Å². The van der Waals surface area contributed by atoms with Gasteiger partial charge in [-0.15, -0.1) is 0 Å². The first-order valence-corrected chi connectivity index (χ1v) is 5.83. The summed E-state index contributed by atoms with van der Waals surface area (Å²) in [6.07, 6.45) is 0. The Morgan fingerprint density at radius 2 is 0.750 bits per heavy atom. The summed E-state index contributed by atoms with van der Waals surface area (Å²) in [5, 5.41) is 0. The van der Waals surface area contributed by atoms with E-state index in [9.17, 15) is 0 Å². The first kappa shape index (κ1) is 16.1. The first-order chi connectivity index (χ1) is 1.00. The van der Waals surface area contributed by atoms with Crippen LogP contribution in [0.4, 0.5) is 0 Å². The van der Waals surface area contributed by atoms with Crippen LogP contribution in [0.3, 0.4) is 0 Å². The quantitative estimate of drug-likeness (QED) is 0.423. The Labute approximate surface area is 67.4 Å². The second-order valence-electron chi connectivity index (χ2n) is 0. The minimum absolute atomic E-state index is 0. The van der Waals surface area contributed by atoms with Gasteiger partial charge in [0.15, 0.2) is 34.7 Å². The van der Waals surface area contributed by atoms with E-state index in [1.807, 2.05) is 33.6 Å². The molecule has 0 fully saturated rings. The van der Waals surface area contributed by atoms with E-state index in [1.165, 1.54) is 0 Å². The molecule has 0 nitrogen and oxygen atoms in total. The summed E-state index contributed by atoms with van der Waals surface area (Å²) >= 11 is 3.92. The van der Waals surface area contributed by atoms with Crippen LogP contribution in [-0.2, 0) is 33.6 Å². The van der Waals surface area contributed by atoms with Gasteiger partial charge in [-0.3, -0.25) is 0 Å². The van der Waals surface area contributed by atoms with E-state index in [2.05, 4.69) is 0 Å². The summed E-state index contributed by atoms with van der Waals surface area (Å²) in [7, 11) is 0. The molecule has 0 bridgehead atoms. The van der Waals surface area contributed by atoms with Crippen LogP contribution in [0.2, 0.25) is 0 Å². The van der Waals surface area contributed by atoms with Gasteiger partial charge in [0.2, 0.25) is 0 Å². The summed E-state index contributed by atoms with van der Waals surface area (Å²) < 4.78 is 0. The van der Waals surface area contributed by atoms with Gasteiger partial charge in [0.05, 0.1) is 0 Å². The molecule has 0 aromatic carbocycles. The van der Waals surface area contributed by atoms with Gasteiger partial charge >= 0.3 is 33.6 Å². The van der Waals surface area contributed by atoms with Crippen LogP contribution in [-0.4, -0.2) is 34.7 Å². The van der Waals surface area contributed by atoms with Crippen molar-refractivity contribution in [2.24, 2.45) is 0 Å². The van der Waals surface area contributed by atoms with Crippen molar-refractivity contribution in [3.05, 3.63) is 0 Å². The third-order valence-corrected chi connectivity index (χ3v) is 0. The number of rotatable bonds is 0. The Balaban J connectivity index is -0.00000000500. The van der Waals surface area contributed by atoms with E-state index in [0.29, 0.717) is 0 Å². The standard InChI is InChI=1S/2Al.2Mo.6H. The molecule has 0 spiro atoms. The Bertz CT molecular complexity index is 4.00. The van der Waals surface area contributed by atoms with Crippen molar-refractivity contribution in [2.75, 3.05) is 0 Å². The van der Waals surface area contributed by atoms with E-state index in [1.54, 1.807) is 0 Å². The number of hydrogen-bond acceptors (Lipinski definition) is 0. The molecule has 0 rings (SSSR count). The average Bonchev–Trinajstić information content (AvgIpc) is 1.00. The molecule has 0 amide bonds. The number of hydrogen-bond donors (Lipinski definition) is 0. The normalized spacial score (nSPS) is 1.00. The first-order valence-electron chi connectivity index (χ1n) is 0.167. The van der Waals surface area contributed by atoms with Gasteiger partial charge < -0.3 is 0 Å². The van der Waals surface area contributed by atoms with Gasteiger partial charge in [0.1, 0.15) is 0 Å². The predicted molar refractivity (Wildman–Crippen MR) is 19.9 cm³/mol. The maximum absolute atomic E-state index is 1.96. The summed E-state index contributed by atoms with van der Waals surface area (Å²) in [5.74, 6) is 0. The predicted octanol–water partition coefficient (Wildman–Crippen LogP) is -2.37. The maximum atomic E-state index is 1.96. The van der Waals surface area contributed by atoms with Crippen molar-refractivity contribution in [2.45, 2.75) is 0 Å². The van der Waals surface area contributed by atoms with E-state index < -0.39 is 0 Å². The summed E-state index contributed by atoms with van der Waals surface area (Å²) in [6, 6.07) is 0. The fourth-order valence-electron chi connectivity index (χ4n) is 0. The molecule has 4 heavy (non-hydrogen) atoms. The molecule has 0 radical (unpaired) electrons. The molecule has 0 saturated heterocycles. The Morgan fingerprint density at radius 3 is 0.750 bits per heavy atom. The van der Waals surface area contributed by atoms with Crippen molar-refractivity contribution in [1.82, 2.24) is 0 Å². The minimum atomic E-state index is 0.